The fourth-order valence-electron chi connectivity index (χ4n) is 1.15. The van der Waals surface area contributed by atoms with Gasteiger partial charge in [0, 0.05) is 11.9 Å². The van der Waals surface area contributed by atoms with Crippen molar-refractivity contribution in [3.63, 3.8) is 0 Å². The number of thioether (sulfide) groups is 1. The van der Waals surface area contributed by atoms with Crippen molar-refractivity contribution in [1.29, 1.82) is 0 Å². The van der Waals surface area contributed by atoms with Crippen molar-refractivity contribution < 1.29 is 4.79 Å². The second kappa shape index (κ2) is 6.72. The molecule has 0 atom stereocenters. The van der Waals surface area contributed by atoms with Crippen molar-refractivity contribution in [2.75, 3.05) is 18.1 Å². The number of carbonyl (C=O) groups is 1. The lowest BCUT2D eigenvalue weighted by Gasteiger charge is -2.01. The highest BCUT2D eigenvalue weighted by atomic mass is 32.2. The fraction of sp³-hybridized carbons (Fsp3) is 0.300. The van der Waals surface area contributed by atoms with Gasteiger partial charge in [-0.15, -0.1) is 21.5 Å². The van der Waals surface area contributed by atoms with Crippen molar-refractivity contribution in [2.45, 2.75) is 10.9 Å². The van der Waals surface area contributed by atoms with Gasteiger partial charge < -0.3 is 10.6 Å². The molecule has 96 valence electrons. The van der Waals surface area contributed by atoms with Gasteiger partial charge in [0.2, 0.25) is 11.0 Å². The van der Waals surface area contributed by atoms with Gasteiger partial charge in [0.05, 0.1) is 12.3 Å². The molecule has 0 unspecified atom stereocenters. The minimum absolute atomic E-state index is 0.00890. The van der Waals surface area contributed by atoms with Crippen LogP contribution in [0.1, 0.15) is 4.88 Å². The predicted molar refractivity (Wildman–Crippen MR) is 76.3 cm³/mol. The van der Waals surface area contributed by atoms with E-state index in [-0.39, 0.29) is 5.91 Å². The van der Waals surface area contributed by atoms with Crippen LogP contribution < -0.4 is 10.6 Å². The molecular formula is C10H12N4OS3. The molecule has 18 heavy (non-hydrogen) atoms. The van der Waals surface area contributed by atoms with Crippen LogP contribution in [-0.2, 0) is 11.3 Å². The van der Waals surface area contributed by atoms with Gasteiger partial charge in [-0.2, -0.15) is 0 Å². The van der Waals surface area contributed by atoms with E-state index in [0.29, 0.717) is 12.3 Å². The van der Waals surface area contributed by atoms with Crippen LogP contribution in [0.2, 0.25) is 0 Å². The van der Waals surface area contributed by atoms with Crippen molar-refractivity contribution in [2.24, 2.45) is 0 Å². The number of aromatic nitrogens is 2. The van der Waals surface area contributed by atoms with E-state index in [1.54, 1.807) is 18.4 Å². The number of thiophene rings is 1. The number of nitrogens with zero attached hydrogens (tertiary/aromatic N) is 2. The van der Waals surface area contributed by atoms with Crippen molar-refractivity contribution in [3.8, 4) is 0 Å². The van der Waals surface area contributed by atoms with Crippen LogP contribution >= 0.6 is 34.4 Å². The standard InChI is InChI=1S/C10H12N4OS3/c1-11-9-13-14-10(18-9)17-6-8(15)12-5-7-3-2-4-16-7/h2-4H,5-6H2,1H3,(H,11,13)(H,12,15). The highest BCUT2D eigenvalue weighted by Gasteiger charge is 2.07. The SMILES string of the molecule is CNc1nnc(SCC(=O)NCc2cccs2)s1. The van der Waals surface area contributed by atoms with Gasteiger partial charge in [-0.05, 0) is 11.4 Å². The molecule has 2 aromatic rings. The molecule has 0 aromatic carbocycles. The van der Waals surface area contributed by atoms with Gasteiger partial charge in [0.1, 0.15) is 0 Å². The predicted octanol–water partition coefficient (Wildman–Crippen LogP) is 2.05. The Kier molecular flexibility index (Phi) is 4.97. The summed E-state index contributed by atoms with van der Waals surface area (Å²) in [5.74, 6) is 0.374. The molecule has 8 heteroatoms. The molecule has 0 saturated heterocycles. The molecule has 0 spiro atoms. The fourth-order valence-corrected chi connectivity index (χ4v) is 3.33. The Balaban J connectivity index is 1.71. The molecule has 2 N–H and O–H groups in total. The zero-order valence-electron chi connectivity index (χ0n) is 9.67. The van der Waals surface area contributed by atoms with Crippen molar-refractivity contribution in [1.82, 2.24) is 15.5 Å². The lowest BCUT2D eigenvalue weighted by molar-refractivity contribution is -0.118. The van der Waals surface area contributed by atoms with E-state index in [1.807, 2.05) is 17.5 Å². The normalized spacial score (nSPS) is 10.3. The highest BCUT2D eigenvalue weighted by molar-refractivity contribution is 8.01. The zero-order chi connectivity index (χ0) is 12.8. The Morgan fingerprint density at radius 3 is 3.06 bits per heavy atom. The maximum atomic E-state index is 11.6. The molecule has 2 aromatic heterocycles. The average molecular weight is 300 g/mol. The lowest BCUT2D eigenvalue weighted by Crippen LogP contribution is -2.24. The third-order valence-corrected chi connectivity index (χ3v) is 4.94. The largest absolute Gasteiger partial charge is 0.363 e. The van der Waals surface area contributed by atoms with Crippen molar-refractivity contribution >= 4 is 45.5 Å². The smallest absolute Gasteiger partial charge is 0.230 e. The molecule has 0 aliphatic carbocycles. The first-order valence-corrected chi connectivity index (χ1v) is 7.89. The Bertz CT molecular complexity index is 497. The van der Waals surface area contributed by atoms with Crippen LogP contribution in [0.4, 0.5) is 5.13 Å². The minimum atomic E-state index is 0.00890. The van der Waals surface area contributed by atoms with Gasteiger partial charge in [0.25, 0.3) is 0 Å². The molecule has 0 radical (unpaired) electrons. The van der Waals surface area contributed by atoms with Crippen molar-refractivity contribution in [3.05, 3.63) is 22.4 Å². The van der Waals surface area contributed by atoms with Crippen LogP contribution in [0, 0.1) is 0 Å². The maximum absolute atomic E-state index is 11.6. The molecule has 0 aliphatic rings. The van der Waals surface area contributed by atoms with Crippen LogP contribution in [-0.4, -0.2) is 28.9 Å². The zero-order valence-corrected chi connectivity index (χ0v) is 12.1. The number of nitrogens with one attached hydrogen (secondary N) is 2. The van der Waals surface area contributed by atoms with Crippen LogP contribution in [0.25, 0.3) is 0 Å². The Morgan fingerprint density at radius 2 is 2.39 bits per heavy atom. The second-order valence-corrected chi connectivity index (χ2v) is 6.50. The first-order valence-electron chi connectivity index (χ1n) is 5.21. The number of hydrogen-bond donors (Lipinski definition) is 2. The summed E-state index contributed by atoms with van der Waals surface area (Å²) in [6.45, 7) is 0.592. The number of anilines is 1. The molecule has 2 rings (SSSR count). The molecule has 2 heterocycles. The van der Waals surface area contributed by atoms with Crippen LogP contribution in [0.15, 0.2) is 21.9 Å². The summed E-state index contributed by atoms with van der Waals surface area (Å²) in [5, 5.41) is 16.4. The first kappa shape index (κ1) is 13.3. The molecule has 0 aliphatic heterocycles. The average Bonchev–Trinajstić information content (AvgIpc) is 3.04. The van der Waals surface area contributed by atoms with Gasteiger partial charge in [-0.25, -0.2) is 0 Å². The Hall–Kier alpha value is -1.12. The molecule has 0 saturated carbocycles. The van der Waals surface area contributed by atoms with Crippen LogP contribution in [0.5, 0.6) is 0 Å². The van der Waals surface area contributed by atoms with Gasteiger partial charge >= 0.3 is 0 Å². The Labute approximate surface area is 117 Å². The third-order valence-electron chi connectivity index (χ3n) is 1.99. The third kappa shape index (κ3) is 3.97. The minimum Gasteiger partial charge on any atom is -0.363 e. The summed E-state index contributed by atoms with van der Waals surface area (Å²) in [6.07, 6.45) is 0. The number of hydrogen-bond acceptors (Lipinski definition) is 7. The quantitative estimate of drug-likeness (QED) is 0.799. The number of rotatable bonds is 6. The molecule has 0 bridgehead atoms. The summed E-state index contributed by atoms with van der Waals surface area (Å²) in [6, 6.07) is 3.98. The van der Waals surface area contributed by atoms with E-state index in [1.165, 1.54) is 23.1 Å². The molecule has 1 amide bonds. The molecular weight excluding hydrogens is 288 g/mol. The van der Waals surface area contributed by atoms with E-state index in [2.05, 4.69) is 20.8 Å². The van der Waals surface area contributed by atoms with E-state index >= 15 is 0 Å². The number of amides is 1. The van der Waals surface area contributed by atoms with E-state index < -0.39 is 0 Å². The molecule has 5 nitrogen and oxygen atoms in total. The van der Waals surface area contributed by atoms with E-state index in [9.17, 15) is 4.79 Å². The van der Waals surface area contributed by atoms with Gasteiger partial charge in [-0.1, -0.05) is 29.2 Å². The molecule has 0 fully saturated rings. The first-order chi connectivity index (χ1) is 8.78. The van der Waals surface area contributed by atoms with E-state index in [0.717, 1.165) is 14.3 Å². The summed E-state index contributed by atoms with van der Waals surface area (Å²) in [4.78, 5) is 12.8. The highest BCUT2D eigenvalue weighted by Crippen LogP contribution is 2.24. The Morgan fingerprint density at radius 1 is 1.50 bits per heavy atom. The summed E-state index contributed by atoms with van der Waals surface area (Å²) in [7, 11) is 1.79. The van der Waals surface area contributed by atoms with E-state index in [4.69, 9.17) is 0 Å². The van der Waals surface area contributed by atoms with Crippen LogP contribution in [0.3, 0.4) is 0 Å². The maximum Gasteiger partial charge on any atom is 0.230 e. The topological polar surface area (TPSA) is 66.9 Å². The van der Waals surface area contributed by atoms with Gasteiger partial charge in [0.15, 0.2) is 4.34 Å². The summed E-state index contributed by atoms with van der Waals surface area (Å²) >= 11 is 4.48. The monoisotopic (exact) mass is 300 g/mol. The number of carbonyl (C=O) groups excluding carboxylic acids is 1. The second-order valence-electron chi connectivity index (χ2n) is 3.27. The summed E-state index contributed by atoms with van der Waals surface area (Å²) < 4.78 is 0.797. The van der Waals surface area contributed by atoms with Gasteiger partial charge in [-0.3, -0.25) is 4.79 Å². The summed E-state index contributed by atoms with van der Waals surface area (Å²) in [5.41, 5.74) is 0. The lowest BCUT2D eigenvalue weighted by atomic mass is 10.4.